The average molecular weight is 340 g/mol. The van der Waals surface area contributed by atoms with Crippen LogP contribution in [0.2, 0.25) is 0 Å². The summed E-state index contributed by atoms with van der Waals surface area (Å²) in [6.45, 7) is 6.48. The van der Waals surface area contributed by atoms with E-state index in [2.05, 4.69) is 59.4 Å². The molecule has 112 valence electrons. The summed E-state index contributed by atoms with van der Waals surface area (Å²) in [7, 11) is 0. The van der Waals surface area contributed by atoms with Crippen molar-refractivity contribution >= 4 is 15.9 Å². The Morgan fingerprint density at radius 1 is 1.40 bits per heavy atom. The van der Waals surface area contributed by atoms with Gasteiger partial charge in [-0.3, -0.25) is 0 Å². The lowest BCUT2D eigenvalue weighted by Crippen LogP contribution is -2.27. The van der Waals surface area contributed by atoms with Crippen molar-refractivity contribution in [3.8, 4) is 0 Å². The molecule has 0 radical (unpaired) electrons. The lowest BCUT2D eigenvalue weighted by molar-refractivity contribution is 0.0408. The Kier molecular flexibility index (Phi) is 6.53. The zero-order valence-electron chi connectivity index (χ0n) is 12.6. The smallest absolute Gasteiger partial charge is 0.0583 e. The highest BCUT2D eigenvalue weighted by Gasteiger charge is 2.25. The summed E-state index contributed by atoms with van der Waals surface area (Å²) in [6.07, 6.45) is 5.65. The van der Waals surface area contributed by atoms with Gasteiger partial charge in [-0.1, -0.05) is 35.0 Å². The topological polar surface area (TPSA) is 21.3 Å². The molecule has 1 saturated heterocycles. The predicted octanol–water partition coefficient (Wildman–Crippen LogP) is 4.17. The second kappa shape index (κ2) is 8.16. The monoisotopic (exact) mass is 339 g/mol. The first kappa shape index (κ1) is 16.0. The van der Waals surface area contributed by atoms with Gasteiger partial charge in [0.1, 0.15) is 0 Å². The number of hydrogen-bond acceptors (Lipinski definition) is 2. The van der Waals surface area contributed by atoms with Gasteiger partial charge < -0.3 is 10.1 Å². The summed E-state index contributed by atoms with van der Waals surface area (Å²) < 4.78 is 7.17. The fourth-order valence-corrected chi connectivity index (χ4v) is 3.46. The van der Waals surface area contributed by atoms with E-state index < -0.39 is 0 Å². The van der Waals surface area contributed by atoms with Gasteiger partial charge in [-0.2, -0.15) is 0 Å². The van der Waals surface area contributed by atoms with Crippen LogP contribution in [0.3, 0.4) is 0 Å². The number of nitrogens with one attached hydrogen (secondary N) is 1. The summed E-state index contributed by atoms with van der Waals surface area (Å²) in [5.41, 5.74) is 1.41. The number of rotatable bonds is 7. The number of ether oxygens (including phenoxy) is 1. The number of halogens is 1. The van der Waals surface area contributed by atoms with E-state index in [1.165, 1.54) is 29.3 Å². The highest BCUT2D eigenvalue weighted by atomic mass is 79.9. The van der Waals surface area contributed by atoms with Gasteiger partial charge in [-0.05, 0) is 69.3 Å². The first-order valence-electron chi connectivity index (χ1n) is 7.78. The van der Waals surface area contributed by atoms with Crippen molar-refractivity contribution < 1.29 is 4.74 Å². The molecular weight excluding hydrogens is 314 g/mol. The Bertz CT molecular complexity index is 410. The first-order valence-corrected chi connectivity index (χ1v) is 8.57. The maximum atomic E-state index is 6.00. The summed E-state index contributed by atoms with van der Waals surface area (Å²) in [4.78, 5) is 0. The molecule has 2 rings (SSSR count). The van der Waals surface area contributed by atoms with Gasteiger partial charge in [-0.15, -0.1) is 0 Å². The highest BCUT2D eigenvalue weighted by molar-refractivity contribution is 9.10. The lowest BCUT2D eigenvalue weighted by Gasteiger charge is -2.21. The summed E-state index contributed by atoms with van der Waals surface area (Å²) in [5, 5.41) is 3.50. The molecule has 1 N–H and O–H groups in total. The first-order chi connectivity index (χ1) is 9.67. The molecule has 3 unspecified atom stereocenters. The molecule has 2 nitrogen and oxygen atoms in total. The SMILES string of the molecule is CCNCC(Cc1cccc(Br)c1)CC1CCC(C)O1. The molecule has 3 atom stereocenters. The van der Waals surface area contributed by atoms with E-state index in [1.54, 1.807) is 0 Å². The summed E-state index contributed by atoms with van der Waals surface area (Å²) in [5.74, 6) is 0.652. The Balaban J connectivity index is 1.92. The van der Waals surface area contributed by atoms with Gasteiger partial charge in [0.15, 0.2) is 0 Å². The third-order valence-electron chi connectivity index (χ3n) is 4.01. The molecule has 1 aliphatic rings. The Labute approximate surface area is 131 Å². The quantitative estimate of drug-likeness (QED) is 0.804. The molecule has 1 heterocycles. The van der Waals surface area contributed by atoms with Gasteiger partial charge in [0.25, 0.3) is 0 Å². The number of hydrogen-bond donors (Lipinski definition) is 1. The normalized spacial score (nSPS) is 23.9. The van der Waals surface area contributed by atoms with Crippen LogP contribution in [-0.2, 0) is 11.2 Å². The molecule has 1 aromatic rings. The van der Waals surface area contributed by atoms with E-state index in [4.69, 9.17) is 4.74 Å². The van der Waals surface area contributed by atoms with Crippen molar-refractivity contribution in [2.24, 2.45) is 5.92 Å². The van der Waals surface area contributed by atoms with E-state index in [9.17, 15) is 0 Å². The van der Waals surface area contributed by atoms with Crippen LogP contribution in [0.25, 0.3) is 0 Å². The molecule has 0 amide bonds. The van der Waals surface area contributed by atoms with Gasteiger partial charge in [-0.25, -0.2) is 0 Å². The number of benzene rings is 1. The molecule has 0 saturated carbocycles. The third-order valence-corrected chi connectivity index (χ3v) is 4.51. The Morgan fingerprint density at radius 2 is 2.25 bits per heavy atom. The second-order valence-corrected chi connectivity index (χ2v) is 6.81. The van der Waals surface area contributed by atoms with Crippen LogP contribution in [0.4, 0.5) is 0 Å². The standard InChI is InChI=1S/C17H26BrNO/c1-3-19-12-15(11-17-8-7-13(2)20-17)9-14-5-4-6-16(18)10-14/h4-6,10,13,15,17,19H,3,7-9,11-12H2,1-2H3. The third kappa shape index (κ3) is 5.19. The van der Waals surface area contributed by atoms with Crippen molar-refractivity contribution in [3.05, 3.63) is 34.3 Å². The average Bonchev–Trinajstić information content (AvgIpc) is 2.81. The minimum absolute atomic E-state index is 0.450. The van der Waals surface area contributed by atoms with Crippen LogP contribution in [0.5, 0.6) is 0 Å². The van der Waals surface area contributed by atoms with E-state index in [0.717, 1.165) is 19.5 Å². The maximum absolute atomic E-state index is 6.00. The Hall–Kier alpha value is -0.380. The molecule has 0 aromatic heterocycles. The van der Waals surface area contributed by atoms with Gasteiger partial charge in [0.05, 0.1) is 12.2 Å². The van der Waals surface area contributed by atoms with Crippen LogP contribution >= 0.6 is 15.9 Å². The van der Waals surface area contributed by atoms with Crippen LogP contribution in [0, 0.1) is 5.92 Å². The zero-order valence-corrected chi connectivity index (χ0v) is 14.2. The van der Waals surface area contributed by atoms with Gasteiger partial charge >= 0.3 is 0 Å². The molecular formula is C17H26BrNO. The largest absolute Gasteiger partial charge is 0.375 e. The molecule has 1 aliphatic heterocycles. The molecule has 0 aliphatic carbocycles. The predicted molar refractivity (Wildman–Crippen MR) is 88.1 cm³/mol. The van der Waals surface area contributed by atoms with Crippen LogP contribution in [0.1, 0.15) is 38.7 Å². The van der Waals surface area contributed by atoms with E-state index >= 15 is 0 Å². The second-order valence-electron chi connectivity index (χ2n) is 5.89. The van der Waals surface area contributed by atoms with Crippen molar-refractivity contribution in [3.63, 3.8) is 0 Å². The minimum Gasteiger partial charge on any atom is -0.375 e. The zero-order chi connectivity index (χ0) is 14.4. The van der Waals surface area contributed by atoms with Crippen molar-refractivity contribution in [2.45, 2.75) is 51.7 Å². The molecule has 20 heavy (non-hydrogen) atoms. The lowest BCUT2D eigenvalue weighted by atomic mass is 9.92. The van der Waals surface area contributed by atoms with Crippen molar-refractivity contribution in [2.75, 3.05) is 13.1 Å². The van der Waals surface area contributed by atoms with Crippen LogP contribution < -0.4 is 5.32 Å². The summed E-state index contributed by atoms with van der Waals surface area (Å²) in [6, 6.07) is 8.67. The van der Waals surface area contributed by atoms with Crippen molar-refractivity contribution in [1.82, 2.24) is 5.32 Å². The van der Waals surface area contributed by atoms with E-state index in [1.807, 2.05) is 0 Å². The van der Waals surface area contributed by atoms with Gasteiger partial charge in [0, 0.05) is 4.47 Å². The fourth-order valence-electron chi connectivity index (χ4n) is 3.01. The molecule has 1 aromatic carbocycles. The van der Waals surface area contributed by atoms with Crippen LogP contribution in [-0.4, -0.2) is 25.3 Å². The highest BCUT2D eigenvalue weighted by Crippen LogP contribution is 2.26. The minimum atomic E-state index is 0.450. The summed E-state index contributed by atoms with van der Waals surface area (Å²) >= 11 is 3.56. The van der Waals surface area contributed by atoms with E-state index in [0.29, 0.717) is 18.1 Å². The molecule has 0 bridgehead atoms. The van der Waals surface area contributed by atoms with Crippen LogP contribution in [0.15, 0.2) is 28.7 Å². The maximum Gasteiger partial charge on any atom is 0.0583 e. The molecule has 1 fully saturated rings. The molecule has 3 heteroatoms. The fraction of sp³-hybridized carbons (Fsp3) is 0.647. The van der Waals surface area contributed by atoms with Crippen molar-refractivity contribution in [1.29, 1.82) is 0 Å². The molecule has 0 spiro atoms. The van der Waals surface area contributed by atoms with Gasteiger partial charge in [0.2, 0.25) is 0 Å². The Morgan fingerprint density at radius 3 is 2.90 bits per heavy atom. The van der Waals surface area contributed by atoms with E-state index in [-0.39, 0.29) is 0 Å².